The number of rotatable bonds is 7. The Balaban J connectivity index is 1.85. The molecule has 0 aliphatic heterocycles. The van der Waals surface area contributed by atoms with Gasteiger partial charge in [0.2, 0.25) is 0 Å². The molecule has 0 spiro atoms. The molecule has 182 valence electrons. The molecule has 0 saturated heterocycles. The first-order chi connectivity index (χ1) is 15.8. The van der Waals surface area contributed by atoms with Crippen molar-refractivity contribution in [2.24, 2.45) is 0 Å². The van der Waals surface area contributed by atoms with Gasteiger partial charge < -0.3 is 4.74 Å². The van der Waals surface area contributed by atoms with E-state index in [1.807, 2.05) is 6.92 Å². The summed E-state index contributed by atoms with van der Waals surface area (Å²) in [6.07, 6.45) is -7.97. The molecule has 0 saturated carbocycles. The average Bonchev–Trinajstić information content (AvgIpc) is 2.70. The summed E-state index contributed by atoms with van der Waals surface area (Å²) in [5, 5.41) is 0. The van der Waals surface area contributed by atoms with Crippen molar-refractivity contribution in [2.45, 2.75) is 38.5 Å². The molecule has 0 bridgehead atoms. The molecule has 0 fully saturated rings. The maximum atomic E-state index is 14.5. The summed E-state index contributed by atoms with van der Waals surface area (Å²) >= 11 is 0. The lowest BCUT2D eigenvalue weighted by Crippen LogP contribution is -2.25. The minimum atomic E-state index is -5.24. The van der Waals surface area contributed by atoms with Crippen molar-refractivity contribution in [3.63, 3.8) is 0 Å². The Morgan fingerprint density at radius 3 is 1.65 bits per heavy atom. The van der Waals surface area contributed by atoms with Crippen LogP contribution in [0.15, 0.2) is 48.5 Å². The van der Waals surface area contributed by atoms with Gasteiger partial charge in [0.15, 0.2) is 0 Å². The van der Waals surface area contributed by atoms with Crippen molar-refractivity contribution in [3.8, 4) is 16.9 Å². The molecule has 3 aromatic carbocycles. The number of hydrogen-bond acceptors (Lipinski definition) is 1. The Morgan fingerprint density at radius 1 is 0.676 bits per heavy atom. The highest BCUT2D eigenvalue weighted by Gasteiger charge is 2.41. The lowest BCUT2D eigenvalue weighted by atomic mass is 10.0. The quantitative estimate of drug-likeness (QED) is 0.301. The molecule has 0 aliphatic rings. The van der Waals surface area contributed by atoms with Crippen LogP contribution >= 0.6 is 0 Å². The van der Waals surface area contributed by atoms with Crippen LogP contribution < -0.4 is 4.74 Å². The lowest BCUT2D eigenvalue weighted by Gasteiger charge is -2.20. The van der Waals surface area contributed by atoms with Crippen LogP contribution in [0.5, 0.6) is 5.75 Å². The highest BCUT2D eigenvalue weighted by Crippen LogP contribution is 2.38. The zero-order valence-electron chi connectivity index (χ0n) is 17.6. The fourth-order valence-corrected chi connectivity index (χ4v) is 3.35. The molecule has 10 heteroatoms. The largest absolute Gasteiger partial charge is 0.432 e. The van der Waals surface area contributed by atoms with Crippen LogP contribution in [0.25, 0.3) is 11.1 Å². The molecule has 3 rings (SSSR count). The van der Waals surface area contributed by atoms with Crippen molar-refractivity contribution in [2.75, 3.05) is 0 Å². The number of unbranched alkanes of at least 4 members (excludes halogenated alkanes) is 1. The standard InChI is InChI=1S/C24H17F9O/c1-2-3-4-13-9-17(25)22(18(26)10-13)24(32,33)34-16-7-5-14(6-8-16)15-11-19(27)21(20(28)12-15)23(29,30)31/h5-12H,2-4H2,1H3. The van der Waals surface area contributed by atoms with E-state index >= 15 is 0 Å². The van der Waals surface area contributed by atoms with Crippen molar-refractivity contribution in [3.05, 3.63) is 88.5 Å². The minimum Gasteiger partial charge on any atom is -0.429 e. The SMILES string of the molecule is CCCCc1cc(F)c(C(F)(F)Oc2ccc(-c3cc(F)c(C(F)(F)F)c(F)c3)cc2)c(F)c1. The van der Waals surface area contributed by atoms with Gasteiger partial charge in [-0.3, -0.25) is 0 Å². The topological polar surface area (TPSA) is 9.23 Å². The van der Waals surface area contributed by atoms with Gasteiger partial charge in [0, 0.05) is 0 Å². The summed E-state index contributed by atoms with van der Waals surface area (Å²) in [4.78, 5) is 0. The van der Waals surface area contributed by atoms with E-state index in [2.05, 4.69) is 4.74 Å². The molecule has 0 N–H and O–H groups in total. The zero-order valence-corrected chi connectivity index (χ0v) is 17.6. The first-order valence-corrected chi connectivity index (χ1v) is 10.1. The Hall–Kier alpha value is -3.17. The minimum absolute atomic E-state index is 0.0140. The molecule has 34 heavy (non-hydrogen) atoms. The van der Waals surface area contributed by atoms with Crippen molar-refractivity contribution in [1.82, 2.24) is 0 Å². The number of alkyl halides is 5. The van der Waals surface area contributed by atoms with E-state index in [0.717, 1.165) is 42.8 Å². The zero-order chi connectivity index (χ0) is 25.3. The summed E-state index contributed by atoms with van der Waals surface area (Å²) in [7, 11) is 0. The van der Waals surface area contributed by atoms with E-state index < -0.39 is 52.4 Å². The lowest BCUT2D eigenvalue weighted by molar-refractivity contribution is -0.189. The predicted molar refractivity (Wildman–Crippen MR) is 106 cm³/mol. The van der Waals surface area contributed by atoms with Crippen LogP contribution in [0.3, 0.4) is 0 Å². The van der Waals surface area contributed by atoms with Crippen molar-refractivity contribution < 1.29 is 44.3 Å². The number of aryl methyl sites for hydroxylation is 1. The first kappa shape index (κ1) is 25.5. The molecular formula is C24H17F9O. The first-order valence-electron chi connectivity index (χ1n) is 10.1. The Morgan fingerprint density at radius 2 is 1.18 bits per heavy atom. The molecule has 0 amide bonds. The van der Waals surface area contributed by atoms with E-state index in [-0.39, 0.29) is 16.7 Å². The second-order valence-electron chi connectivity index (χ2n) is 7.49. The molecule has 1 nitrogen and oxygen atoms in total. The van der Waals surface area contributed by atoms with Gasteiger partial charge in [0.25, 0.3) is 0 Å². The summed E-state index contributed by atoms with van der Waals surface area (Å²) < 4.78 is 128. The molecular weight excluding hydrogens is 475 g/mol. The van der Waals surface area contributed by atoms with Gasteiger partial charge in [-0.2, -0.15) is 22.0 Å². The normalized spacial score (nSPS) is 12.2. The molecule has 0 atom stereocenters. The van der Waals surface area contributed by atoms with Crippen molar-refractivity contribution in [1.29, 1.82) is 0 Å². The maximum absolute atomic E-state index is 14.5. The fraction of sp³-hybridized carbons (Fsp3) is 0.250. The van der Waals surface area contributed by atoms with Gasteiger partial charge in [-0.05, 0) is 65.9 Å². The van der Waals surface area contributed by atoms with Crippen LogP contribution in [-0.2, 0) is 18.7 Å². The van der Waals surface area contributed by atoms with Gasteiger partial charge in [-0.25, -0.2) is 17.6 Å². The molecule has 0 aromatic heterocycles. The van der Waals surface area contributed by atoms with Crippen LogP contribution in [0, 0.1) is 23.3 Å². The monoisotopic (exact) mass is 492 g/mol. The fourth-order valence-electron chi connectivity index (χ4n) is 3.35. The van der Waals surface area contributed by atoms with E-state index in [9.17, 15) is 39.5 Å². The Bertz CT molecular complexity index is 1120. The van der Waals surface area contributed by atoms with Crippen LogP contribution in [0.2, 0.25) is 0 Å². The number of ether oxygens (including phenoxy) is 1. The van der Waals surface area contributed by atoms with Gasteiger partial charge in [0.05, 0.1) is 0 Å². The van der Waals surface area contributed by atoms with Crippen LogP contribution in [0.1, 0.15) is 36.5 Å². The van der Waals surface area contributed by atoms with Crippen LogP contribution in [-0.4, -0.2) is 0 Å². The molecule has 0 radical (unpaired) electrons. The van der Waals surface area contributed by atoms with Gasteiger partial charge in [-0.15, -0.1) is 0 Å². The maximum Gasteiger partial charge on any atom is 0.432 e. The smallest absolute Gasteiger partial charge is 0.429 e. The summed E-state index contributed by atoms with van der Waals surface area (Å²) in [5.41, 5.74) is -3.72. The Labute approximate surface area is 188 Å². The highest BCUT2D eigenvalue weighted by molar-refractivity contribution is 5.65. The molecule has 0 unspecified atom stereocenters. The second kappa shape index (κ2) is 9.60. The highest BCUT2D eigenvalue weighted by atomic mass is 19.4. The van der Waals surface area contributed by atoms with E-state index in [1.165, 1.54) is 0 Å². The summed E-state index contributed by atoms with van der Waals surface area (Å²) in [5.74, 6) is -7.20. The van der Waals surface area contributed by atoms with E-state index in [1.54, 1.807) is 0 Å². The molecule has 0 aliphatic carbocycles. The third-order valence-electron chi connectivity index (χ3n) is 4.97. The van der Waals surface area contributed by atoms with Gasteiger partial charge in [-0.1, -0.05) is 25.5 Å². The Kier molecular flexibility index (Phi) is 7.18. The number of halogens is 9. The van der Waals surface area contributed by atoms with Gasteiger partial charge in [0.1, 0.15) is 40.1 Å². The average molecular weight is 492 g/mol. The van der Waals surface area contributed by atoms with Crippen molar-refractivity contribution >= 4 is 0 Å². The summed E-state index contributed by atoms with van der Waals surface area (Å²) in [6.45, 7) is 1.86. The van der Waals surface area contributed by atoms with Crippen LogP contribution in [0.4, 0.5) is 39.5 Å². The van der Waals surface area contributed by atoms with E-state index in [4.69, 9.17) is 0 Å². The number of benzene rings is 3. The molecule has 0 heterocycles. The molecule has 3 aromatic rings. The summed E-state index contributed by atoms with van der Waals surface area (Å²) in [6, 6.07) is 6.44. The third kappa shape index (κ3) is 5.48. The third-order valence-corrected chi connectivity index (χ3v) is 4.97. The second-order valence-corrected chi connectivity index (χ2v) is 7.49. The predicted octanol–water partition coefficient (Wildman–Crippen LogP) is 8.40. The van der Waals surface area contributed by atoms with E-state index in [0.29, 0.717) is 25.0 Å². The number of hydrogen-bond donors (Lipinski definition) is 0. The van der Waals surface area contributed by atoms with Gasteiger partial charge >= 0.3 is 12.3 Å².